The van der Waals surface area contributed by atoms with Gasteiger partial charge in [0.2, 0.25) is 0 Å². The van der Waals surface area contributed by atoms with E-state index in [9.17, 15) is 39.9 Å². The number of ether oxygens (including phenoxy) is 2. The quantitative estimate of drug-likeness (QED) is 0.0578. The Labute approximate surface area is 276 Å². The number of hydrogen-bond donors (Lipinski definition) is 0. The summed E-state index contributed by atoms with van der Waals surface area (Å²) in [6.07, 6.45) is 0.256. The van der Waals surface area contributed by atoms with Crippen molar-refractivity contribution < 1.29 is 49.4 Å². The van der Waals surface area contributed by atoms with Crippen molar-refractivity contribution in [1.29, 1.82) is 0 Å². The zero-order valence-corrected chi connectivity index (χ0v) is 27.9. The summed E-state index contributed by atoms with van der Waals surface area (Å²) in [6, 6.07) is 12.9. The molecule has 3 rings (SSSR count). The lowest BCUT2D eigenvalue weighted by Crippen LogP contribution is -2.62. The van der Waals surface area contributed by atoms with Crippen LogP contribution in [0.3, 0.4) is 0 Å². The van der Waals surface area contributed by atoms with E-state index in [1.165, 1.54) is 11.6 Å². The molecule has 0 atom stereocenters. The maximum atomic E-state index is 14.5. The minimum atomic E-state index is -6.47. The molecule has 0 N–H and O–H groups in total. The van der Waals surface area contributed by atoms with E-state index in [4.69, 9.17) is 4.74 Å². The van der Waals surface area contributed by atoms with Crippen LogP contribution in [-0.4, -0.2) is 47.4 Å². The third-order valence-electron chi connectivity index (χ3n) is 8.05. The highest BCUT2D eigenvalue weighted by atomic mass is 19.4. The Kier molecular flexibility index (Phi) is 12.4. The maximum absolute atomic E-state index is 14.5. The van der Waals surface area contributed by atoms with Crippen molar-refractivity contribution >= 4 is 16.9 Å². The van der Waals surface area contributed by atoms with Gasteiger partial charge >= 0.3 is 29.7 Å². The summed E-state index contributed by atoms with van der Waals surface area (Å²) in [5.74, 6) is -25.2. The van der Waals surface area contributed by atoms with Gasteiger partial charge in [-0.05, 0) is 61.9 Å². The molecule has 1 aromatic heterocycles. The summed E-state index contributed by atoms with van der Waals surface area (Å²) in [5, 5.41) is 0.803. The highest BCUT2D eigenvalue weighted by Crippen LogP contribution is 2.54. The van der Waals surface area contributed by atoms with Gasteiger partial charge in [0.05, 0.1) is 31.6 Å². The number of hydrogen-bond acceptors (Lipinski definition) is 3. The first-order chi connectivity index (χ1) is 22.3. The normalized spacial score (nSPS) is 13.0. The van der Waals surface area contributed by atoms with Crippen molar-refractivity contribution in [2.24, 2.45) is 5.92 Å². The van der Waals surface area contributed by atoms with Gasteiger partial charge in [-0.2, -0.15) is 35.1 Å². The standard InChI is InChI=1S/C36H43F8NO3/c1-7-8-9-10-26-11-14-29(25(6)19-26)31-20-27-12-13-28(21-30(27)45(31)22-23(2)3)47-17-15-33(37,38)35(41,42)36(43,44)34(39,40)16-18-48-32(46)24(4)5/h11-14,19-21,23H,4,7-10,15-18,22H2,1-3,5-6H3. The number of halogens is 8. The highest BCUT2D eigenvalue weighted by Gasteiger charge is 2.79. The first kappa shape index (κ1) is 38.9. The van der Waals surface area contributed by atoms with E-state index in [2.05, 4.69) is 36.4 Å². The predicted octanol–water partition coefficient (Wildman–Crippen LogP) is 10.8. The van der Waals surface area contributed by atoms with Crippen molar-refractivity contribution in [3.63, 3.8) is 0 Å². The van der Waals surface area contributed by atoms with Crippen LogP contribution in [0.2, 0.25) is 0 Å². The number of carbonyl (C=O) groups excluding carboxylic acids is 1. The van der Waals surface area contributed by atoms with E-state index in [0.717, 1.165) is 54.8 Å². The molecule has 4 nitrogen and oxygen atoms in total. The molecule has 0 unspecified atom stereocenters. The molecule has 12 heteroatoms. The zero-order chi connectivity index (χ0) is 36.1. The molecule has 0 aliphatic carbocycles. The summed E-state index contributed by atoms with van der Waals surface area (Å²) in [5.41, 5.74) is 4.65. The van der Waals surface area contributed by atoms with Crippen LogP contribution < -0.4 is 4.74 Å². The van der Waals surface area contributed by atoms with Gasteiger partial charge in [0, 0.05) is 34.8 Å². The van der Waals surface area contributed by atoms with Crippen LogP contribution in [0.4, 0.5) is 35.1 Å². The molecule has 3 aromatic rings. The predicted molar refractivity (Wildman–Crippen MR) is 170 cm³/mol. The average molecular weight is 690 g/mol. The number of rotatable bonds is 18. The van der Waals surface area contributed by atoms with E-state index >= 15 is 0 Å². The molecule has 0 saturated carbocycles. The van der Waals surface area contributed by atoms with Crippen LogP contribution in [-0.2, 0) is 22.5 Å². The lowest BCUT2D eigenvalue weighted by atomic mass is 9.95. The Balaban J connectivity index is 1.79. The van der Waals surface area contributed by atoms with E-state index in [-0.39, 0.29) is 17.2 Å². The van der Waals surface area contributed by atoms with Crippen molar-refractivity contribution in [3.8, 4) is 17.0 Å². The fourth-order valence-corrected chi connectivity index (χ4v) is 5.32. The van der Waals surface area contributed by atoms with Gasteiger partial charge < -0.3 is 14.0 Å². The number of nitrogens with zero attached hydrogens (tertiary/aromatic N) is 1. The van der Waals surface area contributed by atoms with Gasteiger partial charge in [-0.25, -0.2) is 4.79 Å². The molecule has 0 spiro atoms. The number of benzene rings is 2. The van der Waals surface area contributed by atoms with Gasteiger partial charge in [0.1, 0.15) is 5.75 Å². The van der Waals surface area contributed by atoms with E-state index < -0.39 is 55.7 Å². The molecule has 0 aliphatic rings. The van der Waals surface area contributed by atoms with Gasteiger partial charge in [-0.1, -0.05) is 58.4 Å². The monoisotopic (exact) mass is 689 g/mol. The number of aromatic nitrogens is 1. The smallest absolute Gasteiger partial charge is 0.378 e. The number of alkyl halides is 8. The molecule has 1 heterocycles. The fraction of sp³-hybridized carbons (Fsp3) is 0.528. The first-order valence-electron chi connectivity index (χ1n) is 16.0. The maximum Gasteiger partial charge on any atom is 0.378 e. The fourth-order valence-electron chi connectivity index (χ4n) is 5.32. The Morgan fingerprint density at radius 1 is 0.875 bits per heavy atom. The Hall–Kier alpha value is -3.57. The second kappa shape index (κ2) is 15.3. The molecule has 2 aromatic carbocycles. The molecule has 0 radical (unpaired) electrons. The number of aryl methyl sites for hydroxylation is 2. The SMILES string of the molecule is C=C(C)C(=O)OCCC(F)(F)C(F)(F)C(F)(F)C(F)(F)CCOc1ccc2cc(-c3ccc(CCCCC)cc3C)n(CC(C)C)c2c1. The van der Waals surface area contributed by atoms with E-state index in [1.807, 2.05) is 31.4 Å². The Bertz CT molecular complexity index is 1580. The van der Waals surface area contributed by atoms with E-state index in [1.54, 1.807) is 12.1 Å². The number of fused-ring (bicyclic) bond motifs is 1. The molecule has 0 fully saturated rings. The van der Waals surface area contributed by atoms with Gasteiger partial charge in [0.25, 0.3) is 0 Å². The zero-order valence-electron chi connectivity index (χ0n) is 27.9. The largest absolute Gasteiger partial charge is 0.493 e. The van der Waals surface area contributed by atoms with Crippen LogP contribution in [0.25, 0.3) is 22.2 Å². The molecular formula is C36H43F8NO3. The van der Waals surface area contributed by atoms with E-state index in [0.29, 0.717) is 12.1 Å². The van der Waals surface area contributed by atoms with Crippen molar-refractivity contribution in [2.75, 3.05) is 13.2 Å². The van der Waals surface area contributed by atoms with Gasteiger partial charge in [0.15, 0.2) is 0 Å². The lowest BCUT2D eigenvalue weighted by molar-refractivity contribution is -0.368. The number of carbonyl (C=O) groups is 1. The summed E-state index contributed by atoms with van der Waals surface area (Å²) >= 11 is 0. The lowest BCUT2D eigenvalue weighted by Gasteiger charge is -2.36. The molecule has 0 saturated heterocycles. The summed E-state index contributed by atoms with van der Waals surface area (Å²) in [7, 11) is 0. The molecule has 48 heavy (non-hydrogen) atoms. The Morgan fingerprint density at radius 2 is 1.50 bits per heavy atom. The van der Waals surface area contributed by atoms with Crippen molar-refractivity contribution in [1.82, 2.24) is 4.57 Å². The molecule has 0 bridgehead atoms. The highest BCUT2D eigenvalue weighted by molar-refractivity contribution is 5.89. The van der Waals surface area contributed by atoms with Crippen LogP contribution in [0.5, 0.6) is 5.75 Å². The average Bonchev–Trinajstić information content (AvgIpc) is 3.33. The Morgan fingerprint density at radius 3 is 2.06 bits per heavy atom. The molecule has 0 amide bonds. The molecule has 0 aliphatic heterocycles. The summed E-state index contributed by atoms with van der Waals surface area (Å²) in [6.45, 7) is 10.5. The third kappa shape index (κ3) is 8.52. The topological polar surface area (TPSA) is 40.5 Å². The molecule has 266 valence electrons. The summed E-state index contributed by atoms with van der Waals surface area (Å²) in [4.78, 5) is 11.3. The van der Waals surface area contributed by atoms with Crippen molar-refractivity contribution in [3.05, 3.63) is 65.7 Å². The van der Waals surface area contributed by atoms with Crippen LogP contribution in [0, 0.1) is 12.8 Å². The second-order valence-electron chi connectivity index (χ2n) is 12.7. The minimum absolute atomic E-state index is 0.00989. The van der Waals surface area contributed by atoms with Crippen molar-refractivity contribution in [2.45, 2.75) is 103 Å². The first-order valence-corrected chi connectivity index (χ1v) is 16.0. The molecular weight excluding hydrogens is 646 g/mol. The van der Waals surface area contributed by atoms with Crippen LogP contribution in [0.15, 0.2) is 54.6 Å². The van der Waals surface area contributed by atoms with Crippen LogP contribution in [0.1, 0.15) is 70.9 Å². The number of esters is 1. The van der Waals surface area contributed by atoms with Gasteiger partial charge in [-0.15, -0.1) is 0 Å². The number of unbranched alkanes of at least 4 members (excludes halogenated alkanes) is 2. The van der Waals surface area contributed by atoms with Gasteiger partial charge in [-0.3, -0.25) is 0 Å². The summed E-state index contributed by atoms with van der Waals surface area (Å²) < 4.78 is 127. The second-order valence-corrected chi connectivity index (χ2v) is 12.7. The van der Waals surface area contributed by atoms with Crippen LogP contribution >= 0.6 is 0 Å². The third-order valence-corrected chi connectivity index (χ3v) is 8.05. The minimum Gasteiger partial charge on any atom is -0.493 e.